The van der Waals surface area contributed by atoms with Crippen molar-refractivity contribution in [3.05, 3.63) is 12.3 Å². The summed E-state index contributed by atoms with van der Waals surface area (Å²) in [5.41, 5.74) is 0. The molecule has 2 heterocycles. The second kappa shape index (κ2) is 5.86. The summed E-state index contributed by atoms with van der Waals surface area (Å²) in [6, 6.07) is 1.78. The molecule has 2 N–H and O–H groups in total. The molecule has 0 spiro atoms. The first kappa shape index (κ1) is 13.0. The van der Waals surface area contributed by atoms with Gasteiger partial charge < -0.3 is 10.6 Å². The Morgan fingerprint density at radius 3 is 3.19 bits per heavy atom. The number of anilines is 1. The third-order valence-electron chi connectivity index (χ3n) is 2.64. The Morgan fingerprint density at radius 1 is 1.75 bits per heavy atom. The number of hydrogen-bond donors (Lipinski definition) is 2. The highest BCUT2D eigenvalue weighted by atomic mass is 35.5. The molecule has 1 aromatic heterocycles. The van der Waals surface area contributed by atoms with Crippen molar-refractivity contribution >= 4 is 24.1 Å². The van der Waals surface area contributed by atoms with Gasteiger partial charge >= 0.3 is 0 Å². The molecule has 1 atom stereocenters. The van der Waals surface area contributed by atoms with Crippen LogP contribution in [0.15, 0.2) is 12.3 Å². The molecule has 2 rings (SSSR count). The SMILES string of the molecule is CCn1nccc1NC(=O)C1CCCN1.Cl. The van der Waals surface area contributed by atoms with E-state index in [0.29, 0.717) is 0 Å². The number of rotatable bonds is 3. The Bertz CT molecular complexity index is 346. The van der Waals surface area contributed by atoms with Crippen LogP contribution in [0.3, 0.4) is 0 Å². The largest absolute Gasteiger partial charge is 0.310 e. The highest BCUT2D eigenvalue weighted by molar-refractivity contribution is 5.94. The van der Waals surface area contributed by atoms with Crippen molar-refractivity contribution in [2.45, 2.75) is 32.4 Å². The maximum absolute atomic E-state index is 11.8. The van der Waals surface area contributed by atoms with Crippen molar-refractivity contribution in [1.29, 1.82) is 0 Å². The maximum atomic E-state index is 11.8. The van der Waals surface area contributed by atoms with E-state index in [1.807, 2.05) is 13.0 Å². The highest BCUT2D eigenvalue weighted by Crippen LogP contribution is 2.10. The van der Waals surface area contributed by atoms with Gasteiger partial charge in [0.05, 0.1) is 12.2 Å². The molecule has 1 aliphatic heterocycles. The highest BCUT2D eigenvalue weighted by Gasteiger charge is 2.22. The summed E-state index contributed by atoms with van der Waals surface area (Å²) in [5, 5.41) is 10.1. The van der Waals surface area contributed by atoms with Gasteiger partial charge in [-0.05, 0) is 26.3 Å². The molecular formula is C10H17ClN4O. The fourth-order valence-electron chi connectivity index (χ4n) is 1.81. The van der Waals surface area contributed by atoms with Crippen LogP contribution < -0.4 is 10.6 Å². The van der Waals surface area contributed by atoms with E-state index in [-0.39, 0.29) is 24.4 Å². The van der Waals surface area contributed by atoms with E-state index < -0.39 is 0 Å². The summed E-state index contributed by atoms with van der Waals surface area (Å²) in [6.07, 6.45) is 3.69. The van der Waals surface area contributed by atoms with Crippen LogP contribution in [-0.2, 0) is 11.3 Å². The molecule has 1 aromatic rings. The van der Waals surface area contributed by atoms with Crippen molar-refractivity contribution in [2.24, 2.45) is 0 Å². The number of nitrogens with one attached hydrogen (secondary N) is 2. The molecule has 16 heavy (non-hydrogen) atoms. The fraction of sp³-hybridized carbons (Fsp3) is 0.600. The predicted octanol–water partition coefficient (Wildman–Crippen LogP) is 1.02. The van der Waals surface area contributed by atoms with E-state index in [2.05, 4.69) is 15.7 Å². The molecule has 1 unspecified atom stereocenters. The lowest BCUT2D eigenvalue weighted by Crippen LogP contribution is -2.36. The van der Waals surface area contributed by atoms with E-state index in [4.69, 9.17) is 0 Å². The molecule has 90 valence electrons. The zero-order chi connectivity index (χ0) is 10.7. The normalized spacial score (nSPS) is 19.2. The third kappa shape index (κ3) is 2.74. The summed E-state index contributed by atoms with van der Waals surface area (Å²) < 4.78 is 1.77. The number of halogens is 1. The molecule has 1 aliphatic rings. The average Bonchev–Trinajstić information content (AvgIpc) is 2.87. The first-order chi connectivity index (χ1) is 7.31. The van der Waals surface area contributed by atoms with Gasteiger partial charge in [-0.3, -0.25) is 4.79 Å². The van der Waals surface area contributed by atoms with Gasteiger partial charge in [-0.1, -0.05) is 0 Å². The Morgan fingerprint density at radius 2 is 2.56 bits per heavy atom. The van der Waals surface area contributed by atoms with Crippen LogP contribution in [0.2, 0.25) is 0 Å². The lowest BCUT2D eigenvalue weighted by Gasteiger charge is -2.11. The van der Waals surface area contributed by atoms with Crippen LogP contribution in [0.1, 0.15) is 19.8 Å². The Balaban J connectivity index is 0.00000128. The summed E-state index contributed by atoms with van der Waals surface area (Å²) >= 11 is 0. The smallest absolute Gasteiger partial charge is 0.242 e. The summed E-state index contributed by atoms with van der Waals surface area (Å²) in [7, 11) is 0. The molecule has 0 bridgehead atoms. The summed E-state index contributed by atoms with van der Waals surface area (Å²) in [6.45, 7) is 3.70. The van der Waals surface area contributed by atoms with Gasteiger partial charge in [0.1, 0.15) is 5.82 Å². The second-order valence-corrected chi connectivity index (χ2v) is 3.67. The van der Waals surface area contributed by atoms with E-state index in [0.717, 1.165) is 31.7 Å². The molecule has 0 aromatic carbocycles. The monoisotopic (exact) mass is 244 g/mol. The van der Waals surface area contributed by atoms with Crippen molar-refractivity contribution in [2.75, 3.05) is 11.9 Å². The minimum absolute atomic E-state index is 0. The lowest BCUT2D eigenvalue weighted by molar-refractivity contribution is -0.117. The van der Waals surface area contributed by atoms with Crippen LogP contribution in [0, 0.1) is 0 Å². The van der Waals surface area contributed by atoms with Crippen LogP contribution in [0.4, 0.5) is 5.82 Å². The van der Waals surface area contributed by atoms with Crippen molar-refractivity contribution in [3.8, 4) is 0 Å². The number of aryl methyl sites for hydroxylation is 1. The maximum Gasteiger partial charge on any atom is 0.242 e. The van der Waals surface area contributed by atoms with E-state index in [9.17, 15) is 4.79 Å². The Hall–Kier alpha value is -1.07. The standard InChI is InChI=1S/C10H16N4O.ClH/c1-2-14-9(5-7-12-14)13-10(15)8-4-3-6-11-8;/h5,7-8,11H,2-4,6H2,1H3,(H,13,15);1H. The van der Waals surface area contributed by atoms with Gasteiger partial charge in [0.25, 0.3) is 0 Å². The molecule has 5 nitrogen and oxygen atoms in total. The third-order valence-corrected chi connectivity index (χ3v) is 2.64. The fourth-order valence-corrected chi connectivity index (χ4v) is 1.81. The van der Waals surface area contributed by atoms with Crippen molar-refractivity contribution in [1.82, 2.24) is 15.1 Å². The van der Waals surface area contributed by atoms with Gasteiger partial charge in [0.15, 0.2) is 0 Å². The zero-order valence-electron chi connectivity index (χ0n) is 9.27. The van der Waals surface area contributed by atoms with Crippen molar-refractivity contribution < 1.29 is 4.79 Å². The van der Waals surface area contributed by atoms with Gasteiger partial charge in [-0.15, -0.1) is 12.4 Å². The van der Waals surface area contributed by atoms with Gasteiger partial charge in [0, 0.05) is 12.6 Å². The van der Waals surface area contributed by atoms with Gasteiger partial charge in [-0.25, -0.2) is 4.68 Å². The first-order valence-electron chi connectivity index (χ1n) is 5.37. The van der Waals surface area contributed by atoms with E-state index in [1.54, 1.807) is 10.9 Å². The number of hydrogen-bond acceptors (Lipinski definition) is 3. The number of amides is 1. The predicted molar refractivity (Wildman–Crippen MR) is 64.8 cm³/mol. The minimum Gasteiger partial charge on any atom is -0.310 e. The van der Waals surface area contributed by atoms with E-state index >= 15 is 0 Å². The molecule has 0 radical (unpaired) electrons. The zero-order valence-corrected chi connectivity index (χ0v) is 10.1. The van der Waals surface area contributed by atoms with Crippen LogP contribution in [0.5, 0.6) is 0 Å². The number of carbonyl (C=O) groups excluding carboxylic acids is 1. The van der Waals surface area contributed by atoms with Crippen molar-refractivity contribution in [3.63, 3.8) is 0 Å². The van der Waals surface area contributed by atoms with Crippen LogP contribution in [0.25, 0.3) is 0 Å². The second-order valence-electron chi connectivity index (χ2n) is 3.67. The van der Waals surface area contributed by atoms with Crippen LogP contribution in [-0.4, -0.2) is 28.3 Å². The molecular weight excluding hydrogens is 228 g/mol. The summed E-state index contributed by atoms with van der Waals surface area (Å²) in [5.74, 6) is 0.818. The molecule has 1 amide bonds. The number of nitrogens with zero attached hydrogens (tertiary/aromatic N) is 2. The quantitative estimate of drug-likeness (QED) is 0.835. The molecule has 1 saturated heterocycles. The first-order valence-corrected chi connectivity index (χ1v) is 5.37. The average molecular weight is 245 g/mol. The van der Waals surface area contributed by atoms with Crippen LogP contribution >= 0.6 is 12.4 Å². The van der Waals surface area contributed by atoms with Gasteiger partial charge in [0.2, 0.25) is 5.91 Å². The topological polar surface area (TPSA) is 59.0 Å². The minimum atomic E-state index is -0.0368. The molecule has 6 heteroatoms. The number of carbonyl (C=O) groups is 1. The van der Waals surface area contributed by atoms with Gasteiger partial charge in [-0.2, -0.15) is 5.10 Å². The van der Waals surface area contributed by atoms with E-state index in [1.165, 1.54) is 0 Å². The number of aromatic nitrogens is 2. The molecule has 1 fully saturated rings. The molecule has 0 aliphatic carbocycles. The molecule has 0 saturated carbocycles. The Kier molecular flexibility index (Phi) is 4.76. The lowest BCUT2D eigenvalue weighted by atomic mass is 10.2. The Labute approximate surface area is 101 Å². The summed E-state index contributed by atoms with van der Waals surface area (Å²) in [4.78, 5) is 11.8.